The van der Waals surface area contributed by atoms with E-state index in [-0.39, 0.29) is 16.8 Å². The third-order valence-electron chi connectivity index (χ3n) is 5.57. The zero-order valence-corrected chi connectivity index (χ0v) is 18.9. The molecule has 0 atom stereocenters. The predicted octanol–water partition coefficient (Wildman–Crippen LogP) is 3.31. The van der Waals surface area contributed by atoms with Crippen molar-refractivity contribution in [1.29, 1.82) is 0 Å². The molecule has 176 valence electrons. The lowest BCUT2D eigenvalue weighted by Crippen LogP contribution is -2.41. The van der Waals surface area contributed by atoms with Crippen molar-refractivity contribution >= 4 is 23.2 Å². The summed E-state index contributed by atoms with van der Waals surface area (Å²) in [6.07, 6.45) is 1.92. The fourth-order valence-corrected chi connectivity index (χ4v) is 3.67. The number of anilines is 1. The fourth-order valence-electron chi connectivity index (χ4n) is 3.67. The van der Waals surface area contributed by atoms with Crippen LogP contribution in [0.1, 0.15) is 47.4 Å². The van der Waals surface area contributed by atoms with Gasteiger partial charge in [-0.1, -0.05) is 6.92 Å². The number of hydrogen-bond donors (Lipinski definition) is 2. The minimum absolute atomic E-state index is 0.0698. The molecule has 1 saturated heterocycles. The molecular formula is C23H28N4O6. The summed E-state index contributed by atoms with van der Waals surface area (Å²) in [5.41, 5.74) is 5.29. The summed E-state index contributed by atoms with van der Waals surface area (Å²) < 4.78 is 10.6. The number of nitrogens with zero attached hydrogens (tertiary/aromatic N) is 2. The number of piperidine rings is 1. The fraction of sp³-hybridized carbons (Fsp3) is 0.391. The average molecular weight is 456 g/mol. The van der Waals surface area contributed by atoms with Crippen molar-refractivity contribution < 1.29 is 24.0 Å². The third-order valence-corrected chi connectivity index (χ3v) is 5.57. The van der Waals surface area contributed by atoms with E-state index in [1.807, 2.05) is 11.8 Å². The summed E-state index contributed by atoms with van der Waals surface area (Å²) in [7, 11) is 1.46. The molecular weight excluding hydrogens is 428 g/mol. The van der Waals surface area contributed by atoms with E-state index in [2.05, 4.69) is 17.8 Å². The van der Waals surface area contributed by atoms with Crippen LogP contribution in [0.25, 0.3) is 0 Å². The maximum absolute atomic E-state index is 12.5. The molecule has 1 heterocycles. The van der Waals surface area contributed by atoms with E-state index in [0.29, 0.717) is 29.7 Å². The minimum Gasteiger partial charge on any atom is -0.493 e. The number of nitro groups is 1. The van der Waals surface area contributed by atoms with E-state index >= 15 is 0 Å². The van der Waals surface area contributed by atoms with Crippen LogP contribution in [0.15, 0.2) is 36.4 Å². The molecule has 33 heavy (non-hydrogen) atoms. The first-order valence-electron chi connectivity index (χ1n) is 10.8. The van der Waals surface area contributed by atoms with Crippen molar-refractivity contribution in [1.82, 2.24) is 10.9 Å². The van der Waals surface area contributed by atoms with Crippen molar-refractivity contribution in [3.63, 3.8) is 0 Å². The number of benzene rings is 2. The number of methoxy groups -OCH3 is 1. The topological polar surface area (TPSA) is 123 Å². The lowest BCUT2D eigenvalue weighted by atomic mass is 9.98. The number of nitrogens with one attached hydrogen (secondary N) is 2. The van der Waals surface area contributed by atoms with Crippen LogP contribution < -0.4 is 25.2 Å². The highest BCUT2D eigenvalue weighted by Gasteiger charge is 2.25. The molecule has 0 spiro atoms. The van der Waals surface area contributed by atoms with Crippen LogP contribution in [0.3, 0.4) is 0 Å². The second-order valence-electron chi connectivity index (χ2n) is 7.84. The molecule has 10 nitrogen and oxygen atoms in total. The molecule has 0 unspecified atom stereocenters. The van der Waals surface area contributed by atoms with Crippen LogP contribution in [-0.2, 0) is 0 Å². The smallest absolute Gasteiger partial charge is 0.293 e. The summed E-state index contributed by atoms with van der Waals surface area (Å²) >= 11 is 0. The van der Waals surface area contributed by atoms with Gasteiger partial charge in [0.15, 0.2) is 11.5 Å². The monoisotopic (exact) mass is 456 g/mol. The molecule has 1 aliphatic rings. The van der Waals surface area contributed by atoms with Gasteiger partial charge in [0.2, 0.25) is 0 Å². The SMILES string of the molecule is CCOc1ccc(C(=O)NNC(=O)c2ccc(N3CCC(C)CC3)c([N+](=O)[O-])c2)cc1OC. The maximum Gasteiger partial charge on any atom is 0.293 e. The Balaban J connectivity index is 1.69. The maximum atomic E-state index is 12.5. The van der Waals surface area contributed by atoms with Gasteiger partial charge in [-0.05, 0) is 56.0 Å². The van der Waals surface area contributed by atoms with Gasteiger partial charge in [0.1, 0.15) is 5.69 Å². The van der Waals surface area contributed by atoms with Crippen molar-refractivity contribution in [3.8, 4) is 11.5 Å². The molecule has 1 fully saturated rings. The third kappa shape index (κ3) is 5.71. The average Bonchev–Trinajstić information content (AvgIpc) is 2.82. The highest BCUT2D eigenvalue weighted by atomic mass is 16.6. The van der Waals surface area contributed by atoms with E-state index in [4.69, 9.17) is 9.47 Å². The standard InChI is InChI=1S/C23H28N4O6/c1-4-33-20-8-6-17(14-21(20)32-3)23(29)25-24-22(28)16-5-7-18(19(13-16)27(30)31)26-11-9-15(2)10-12-26/h5-8,13-15H,4,9-12H2,1-3H3,(H,24,28)(H,25,29). The highest BCUT2D eigenvalue weighted by Crippen LogP contribution is 2.32. The number of carbonyl (C=O) groups excluding carboxylic acids is 2. The van der Waals surface area contributed by atoms with E-state index in [1.54, 1.807) is 12.1 Å². The Morgan fingerprint density at radius 2 is 1.67 bits per heavy atom. The second kappa shape index (κ2) is 10.7. The van der Waals surface area contributed by atoms with Crippen molar-refractivity contribution in [2.24, 2.45) is 5.92 Å². The van der Waals surface area contributed by atoms with Crippen LogP contribution in [0.4, 0.5) is 11.4 Å². The molecule has 2 N–H and O–H groups in total. The molecule has 0 bridgehead atoms. The van der Waals surface area contributed by atoms with Gasteiger partial charge in [-0.15, -0.1) is 0 Å². The molecule has 0 saturated carbocycles. The largest absolute Gasteiger partial charge is 0.493 e. The molecule has 0 aliphatic carbocycles. The first-order valence-corrected chi connectivity index (χ1v) is 10.8. The van der Waals surface area contributed by atoms with Gasteiger partial charge in [0, 0.05) is 30.3 Å². The number of ether oxygens (including phenoxy) is 2. The lowest BCUT2D eigenvalue weighted by Gasteiger charge is -2.31. The van der Waals surface area contributed by atoms with Crippen molar-refractivity contribution in [2.75, 3.05) is 31.7 Å². The summed E-state index contributed by atoms with van der Waals surface area (Å²) in [5, 5.41) is 11.6. The number of nitro benzene ring substituents is 1. The predicted molar refractivity (Wildman–Crippen MR) is 123 cm³/mol. The minimum atomic E-state index is -0.664. The Morgan fingerprint density at radius 1 is 1.06 bits per heavy atom. The first kappa shape index (κ1) is 23.8. The number of hydrogen-bond acceptors (Lipinski definition) is 7. The zero-order valence-electron chi connectivity index (χ0n) is 18.9. The normalized spacial score (nSPS) is 13.8. The van der Waals surface area contributed by atoms with Crippen LogP contribution in [0, 0.1) is 16.0 Å². The van der Waals surface area contributed by atoms with Crippen molar-refractivity contribution in [2.45, 2.75) is 26.7 Å². The molecule has 0 radical (unpaired) electrons. The van der Waals surface area contributed by atoms with Gasteiger partial charge in [-0.3, -0.25) is 30.6 Å². The van der Waals surface area contributed by atoms with Crippen LogP contribution in [0.2, 0.25) is 0 Å². The summed E-state index contributed by atoms with van der Waals surface area (Å²) in [5.74, 6) is 0.232. The van der Waals surface area contributed by atoms with E-state index in [9.17, 15) is 19.7 Å². The molecule has 3 rings (SSSR count). The summed E-state index contributed by atoms with van der Waals surface area (Å²) in [4.78, 5) is 38.1. The van der Waals surface area contributed by atoms with Gasteiger partial charge < -0.3 is 14.4 Å². The number of carbonyl (C=O) groups is 2. The Kier molecular flexibility index (Phi) is 7.70. The summed E-state index contributed by atoms with van der Waals surface area (Å²) in [6, 6.07) is 8.96. The van der Waals surface area contributed by atoms with Crippen LogP contribution in [0.5, 0.6) is 11.5 Å². The number of hydrazine groups is 1. The van der Waals surface area contributed by atoms with Crippen molar-refractivity contribution in [3.05, 3.63) is 57.6 Å². The molecule has 2 amide bonds. The Hall–Kier alpha value is -3.82. The number of amides is 2. The molecule has 2 aromatic rings. The molecule has 1 aliphatic heterocycles. The molecule has 10 heteroatoms. The Morgan fingerprint density at radius 3 is 2.24 bits per heavy atom. The van der Waals surface area contributed by atoms with Gasteiger partial charge in [0.05, 0.1) is 18.6 Å². The quantitative estimate of drug-likeness (QED) is 0.484. The zero-order chi connectivity index (χ0) is 24.0. The molecule has 2 aromatic carbocycles. The Labute approximate surface area is 192 Å². The van der Waals surface area contributed by atoms with Gasteiger partial charge in [-0.2, -0.15) is 0 Å². The second-order valence-corrected chi connectivity index (χ2v) is 7.84. The van der Waals surface area contributed by atoms with E-state index in [1.165, 1.54) is 31.4 Å². The van der Waals surface area contributed by atoms with Gasteiger partial charge in [0.25, 0.3) is 17.5 Å². The number of rotatable bonds is 7. The van der Waals surface area contributed by atoms with Gasteiger partial charge in [-0.25, -0.2) is 0 Å². The highest BCUT2D eigenvalue weighted by molar-refractivity contribution is 6.00. The van der Waals surface area contributed by atoms with Crippen LogP contribution in [-0.4, -0.2) is 43.5 Å². The summed E-state index contributed by atoms with van der Waals surface area (Å²) in [6.45, 7) is 5.90. The molecule has 0 aromatic heterocycles. The lowest BCUT2D eigenvalue weighted by molar-refractivity contribution is -0.384. The first-order chi connectivity index (χ1) is 15.8. The van der Waals surface area contributed by atoms with Crippen LogP contribution >= 0.6 is 0 Å². The Bertz CT molecular complexity index is 1030. The van der Waals surface area contributed by atoms with E-state index < -0.39 is 16.7 Å². The van der Waals surface area contributed by atoms with Gasteiger partial charge >= 0.3 is 0 Å². The van der Waals surface area contributed by atoms with E-state index in [0.717, 1.165) is 25.9 Å².